The van der Waals surface area contributed by atoms with Crippen molar-refractivity contribution in [1.82, 2.24) is 19.5 Å². The molecule has 0 aromatic carbocycles. The predicted octanol–water partition coefficient (Wildman–Crippen LogP) is 1.47. The number of fused-ring (bicyclic) bond motifs is 1. The first-order valence-corrected chi connectivity index (χ1v) is 10.8. The third kappa shape index (κ3) is 4.57. The van der Waals surface area contributed by atoms with Gasteiger partial charge in [0, 0.05) is 0 Å². The number of aromatic nitrogens is 4. The van der Waals surface area contributed by atoms with Gasteiger partial charge in [0.1, 0.15) is 28.9 Å². The topological polar surface area (TPSA) is 140 Å². The molecule has 3 heterocycles. The first-order chi connectivity index (χ1) is 13.6. The molecule has 5 N–H and O–H groups in total. The van der Waals surface area contributed by atoms with Gasteiger partial charge in [0.15, 0.2) is 11.9 Å². The molecule has 2 aromatic rings. The van der Waals surface area contributed by atoms with Crippen LogP contribution in [0.4, 0.5) is 5.95 Å². The molecule has 2 aromatic heterocycles. The van der Waals surface area contributed by atoms with Crippen LogP contribution in [0.25, 0.3) is 11.2 Å². The molecule has 1 aliphatic rings. The monoisotopic (exact) mass is 411 g/mol. The van der Waals surface area contributed by atoms with Gasteiger partial charge in [-0.2, -0.15) is 4.98 Å². The van der Waals surface area contributed by atoms with Crippen molar-refractivity contribution < 1.29 is 20.1 Å². The lowest BCUT2D eigenvalue weighted by Crippen LogP contribution is -2.33. The van der Waals surface area contributed by atoms with E-state index in [-0.39, 0.29) is 5.95 Å². The van der Waals surface area contributed by atoms with Crippen LogP contribution < -0.4 is 5.73 Å². The van der Waals surface area contributed by atoms with E-state index in [2.05, 4.69) is 21.9 Å². The number of aliphatic hydroxyl groups is 3. The summed E-state index contributed by atoms with van der Waals surface area (Å²) in [5.74, 6) is 1.03. The maximum atomic E-state index is 10.3. The van der Waals surface area contributed by atoms with Crippen molar-refractivity contribution >= 4 is 28.9 Å². The third-order valence-electron chi connectivity index (χ3n) is 4.93. The fraction of sp³-hybridized carbons (Fsp3) is 0.722. The van der Waals surface area contributed by atoms with Crippen molar-refractivity contribution in [3.05, 3.63) is 6.33 Å². The Morgan fingerprint density at radius 1 is 1.14 bits per heavy atom. The summed E-state index contributed by atoms with van der Waals surface area (Å²) in [6, 6.07) is 0. The van der Waals surface area contributed by atoms with Crippen LogP contribution in [0.1, 0.15) is 51.7 Å². The van der Waals surface area contributed by atoms with Gasteiger partial charge in [0.05, 0.1) is 12.9 Å². The number of hydrogen-bond acceptors (Lipinski definition) is 9. The molecule has 0 radical (unpaired) electrons. The summed E-state index contributed by atoms with van der Waals surface area (Å²) in [7, 11) is 0. The van der Waals surface area contributed by atoms with Crippen molar-refractivity contribution in [2.24, 2.45) is 0 Å². The summed E-state index contributed by atoms with van der Waals surface area (Å²) < 4.78 is 7.11. The molecule has 0 bridgehead atoms. The van der Waals surface area contributed by atoms with Crippen molar-refractivity contribution in [3.63, 3.8) is 0 Å². The summed E-state index contributed by atoms with van der Waals surface area (Å²) in [6.07, 6.45) is 4.67. The quantitative estimate of drug-likeness (QED) is 0.260. The zero-order valence-corrected chi connectivity index (χ0v) is 16.9. The molecule has 28 heavy (non-hydrogen) atoms. The molecule has 3 rings (SSSR count). The number of rotatable bonds is 10. The first kappa shape index (κ1) is 21.3. The highest BCUT2D eigenvalue weighted by molar-refractivity contribution is 7.99. The van der Waals surface area contributed by atoms with E-state index in [9.17, 15) is 15.3 Å². The van der Waals surface area contributed by atoms with Gasteiger partial charge in [-0.25, -0.2) is 9.97 Å². The van der Waals surface area contributed by atoms with E-state index in [0.29, 0.717) is 16.2 Å². The fourth-order valence-electron chi connectivity index (χ4n) is 3.35. The molecule has 0 spiro atoms. The fourth-order valence-corrected chi connectivity index (χ4v) is 4.34. The Balaban J connectivity index is 1.71. The number of unbranched alkanes of at least 4 members (excludes halogenated alkanes) is 5. The zero-order valence-electron chi connectivity index (χ0n) is 16.1. The van der Waals surface area contributed by atoms with Gasteiger partial charge in [-0.3, -0.25) is 4.57 Å². The minimum absolute atomic E-state index is 0.117. The molecule has 0 unspecified atom stereocenters. The maximum absolute atomic E-state index is 10.3. The largest absolute Gasteiger partial charge is 0.394 e. The Hall–Kier alpha value is -1.46. The van der Waals surface area contributed by atoms with Crippen LogP contribution in [0, 0.1) is 0 Å². The second kappa shape index (κ2) is 9.84. The molecule has 0 saturated carbocycles. The Morgan fingerprint density at radius 2 is 1.89 bits per heavy atom. The van der Waals surface area contributed by atoms with Gasteiger partial charge in [-0.1, -0.05) is 39.0 Å². The summed E-state index contributed by atoms with van der Waals surface area (Å²) in [4.78, 5) is 12.9. The number of ether oxygens (including phenoxy) is 1. The average Bonchev–Trinajstić information content (AvgIpc) is 3.22. The Bertz CT molecular complexity index is 774. The van der Waals surface area contributed by atoms with E-state index in [1.165, 1.54) is 43.0 Å². The normalized spacial score (nSPS) is 25.0. The molecule has 156 valence electrons. The van der Waals surface area contributed by atoms with Crippen LogP contribution in [-0.2, 0) is 4.74 Å². The molecular formula is C18H29N5O4S. The third-order valence-corrected chi connectivity index (χ3v) is 5.99. The Kier molecular flexibility index (Phi) is 7.47. The van der Waals surface area contributed by atoms with Crippen LogP contribution in [0.3, 0.4) is 0 Å². The molecule has 0 aliphatic carbocycles. The van der Waals surface area contributed by atoms with Crippen molar-refractivity contribution in [3.8, 4) is 0 Å². The minimum Gasteiger partial charge on any atom is -0.394 e. The number of aliphatic hydroxyl groups excluding tert-OH is 3. The Morgan fingerprint density at radius 3 is 2.61 bits per heavy atom. The second-order valence-electron chi connectivity index (χ2n) is 7.06. The van der Waals surface area contributed by atoms with Crippen LogP contribution >= 0.6 is 11.8 Å². The molecule has 1 fully saturated rings. The van der Waals surface area contributed by atoms with Crippen LogP contribution in [0.15, 0.2) is 11.4 Å². The van der Waals surface area contributed by atoms with Gasteiger partial charge in [-0.05, 0) is 12.2 Å². The Labute approximate surface area is 168 Å². The van der Waals surface area contributed by atoms with Gasteiger partial charge in [0.2, 0.25) is 5.95 Å². The van der Waals surface area contributed by atoms with E-state index in [1.807, 2.05) is 0 Å². The molecule has 0 amide bonds. The minimum atomic E-state index is -1.20. The smallest absolute Gasteiger partial charge is 0.223 e. The van der Waals surface area contributed by atoms with Crippen molar-refractivity contribution in [2.45, 2.75) is 75.0 Å². The summed E-state index contributed by atoms with van der Waals surface area (Å²) in [5.41, 5.74) is 6.91. The zero-order chi connectivity index (χ0) is 20.1. The van der Waals surface area contributed by atoms with Crippen molar-refractivity contribution in [2.75, 3.05) is 18.1 Å². The highest BCUT2D eigenvalue weighted by atomic mass is 32.2. The predicted molar refractivity (Wildman–Crippen MR) is 107 cm³/mol. The highest BCUT2D eigenvalue weighted by Crippen LogP contribution is 2.33. The summed E-state index contributed by atoms with van der Waals surface area (Å²) >= 11 is 1.59. The van der Waals surface area contributed by atoms with E-state index in [4.69, 9.17) is 10.5 Å². The molecule has 9 nitrogen and oxygen atoms in total. The maximum Gasteiger partial charge on any atom is 0.223 e. The van der Waals surface area contributed by atoms with Gasteiger partial charge < -0.3 is 25.8 Å². The van der Waals surface area contributed by atoms with E-state index >= 15 is 0 Å². The second-order valence-corrected chi connectivity index (χ2v) is 8.14. The lowest BCUT2D eigenvalue weighted by atomic mass is 10.1. The van der Waals surface area contributed by atoms with Crippen molar-refractivity contribution in [1.29, 1.82) is 0 Å². The summed E-state index contributed by atoms with van der Waals surface area (Å²) in [6.45, 7) is 1.82. The van der Waals surface area contributed by atoms with Crippen LogP contribution in [0.5, 0.6) is 0 Å². The lowest BCUT2D eigenvalue weighted by Gasteiger charge is -2.16. The number of hydrogen-bond donors (Lipinski definition) is 4. The van der Waals surface area contributed by atoms with Crippen LogP contribution in [0.2, 0.25) is 0 Å². The van der Waals surface area contributed by atoms with Gasteiger partial charge in [0.25, 0.3) is 0 Å². The molecular weight excluding hydrogens is 382 g/mol. The number of imidazole rings is 1. The molecule has 1 aliphatic heterocycles. The van der Waals surface area contributed by atoms with E-state index in [0.717, 1.165) is 12.2 Å². The number of nitrogen functional groups attached to an aromatic ring is 1. The number of nitrogens with two attached hydrogens (primary N) is 1. The highest BCUT2D eigenvalue weighted by Gasteiger charge is 2.44. The van der Waals surface area contributed by atoms with Gasteiger partial charge >= 0.3 is 0 Å². The molecule has 4 atom stereocenters. The van der Waals surface area contributed by atoms with E-state index in [1.54, 1.807) is 11.8 Å². The number of nitrogens with zero attached hydrogens (tertiary/aromatic N) is 4. The molecule has 1 saturated heterocycles. The first-order valence-electron chi connectivity index (χ1n) is 9.82. The number of anilines is 1. The van der Waals surface area contributed by atoms with Crippen LogP contribution in [-0.4, -0.2) is 65.5 Å². The standard InChI is InChI=1S/C18H29N5O4S/c1-2-3-4-5-6-7-8-28-16-12-15(21-18(19)22-16)23(10-20-12)17-14(26)13(25)11(9-24)27-17/h10-11,13-14,17,24-26H,2-9H2,1H3,(H2,19,21,22)/t11-,13-,14-,17-/m1/s1. The number of thioether (sulfide) groups is 1. The van der Waals surface area contributed by atoms with Gasteiger partial charge in [-0.15, -0.1) is 11.8 Å². The SMILES string of the molecule is CCCCCCCCSc1nc(N)nc2c1ncn2[C@@H]1O[C@H](CO)[C@@H](O)[C@H]1O. The summed E-state index contributed by atoms with van der Waals surface area (Å²) in [5, 5.41) is 30.3. The molecule has 10 heteroatoms. The van der Waals surface area contributed by atoms with E-state index < -0.39 is 31.1 Å². The average molecular weight is 412 g/mol. The lowest BCUT2D eigenvalue weighted by molar-refractivity contribution is -0.0511.